The van der Waals surface area contributed by atoms with Crippen molar-refractivity contribution in [3.63, 3.8) is 0 Å². The zero-order valence-electron chi connectivity index (χ0n) is 14.1. The van der Waals surface area contributed by atoms with E-state index in [2.05, 4.69) is 0 Å². The van der Waals surface area contributed by atoms with E-state index in [-0.39, 0.29) is 11.9 Å². The molecular weight excluding hydrogens is 294 g/mol. The predicted molar refractivity (Wildman–Crippen MR) is 87.5 cm³/mol. The number of likely N-dealkylation sites (tertiary alicyclic amines) is 1. The van der Waals surface area contributed by atoms with Gasteiger partial charge in [0.1, 0.15) is 11.3 Å². The van der Waals surface area contributed by atoms with E-state index in [0.29, 0.717) is 30.9 Å². The van der Waals surface area contributed by atoms with Crippen molar-refractivity contribution in [2.24, 2.45) is 0 Å². The molecule has 1 aliphatic heterocycles. The van der Waals surface area contributed by atoms with Crippen LogP contribution in [0.1, 0.15) is 49.9 Å². The fraction of sp³-hybridized carbons (Fsp3) is 0.556. The maximum atomic E-state index is 13.1. The van der Waals surface area contributed by atoms with E-state index in [1.165, 1.54) is 0 Å². The van der Waals surface area contributed by atoms with Crippen molar-refractivity contribution in [2.45, 2.75) is 45.1 Å². The molecule has 1 saturated heterocycles. The first kappa shape index (κ1) is 17.3. The number of rotatable bonds is 4. The predicted octanol–water partition coefficient (Wildman–Crippen LogP) is 3.03. The maximum Gasteiger partial charge on any atom is 0.331 e. The molecule has 0 saturated carbocycles. The molecule has 0 N–H and O–H groups in total. The number of carbonyl (C=O) groups excluding carboxylic acids is 2. The van der Waals surface area contributed by atoms with Gasteiger partial charge in [-0.2, -0.15) is 0 Å². The average Bonchev–Trinajstić information content (AvgIpc) is 2.77. The summed E-state index contributed by atoms with van der Waals surface area (Å²) in [6.07, 6.45) is 3.42. The number of hydrogen-bond donors (Lipinski definition) is 0. The minimum absolute atomic E-state index is 0.181. The van der Waals surface area contributed by atoms with Gasteiger partial charge in [-0.1, -0.05) is 25.0 Å². The quantitative estimate of drug-likeness (QED) is 0.801. The standard InChI is InChI=1S/C18H25NO4/c1-4-23-17(21)18(2)12-8-5-9-13-19(18)16(20)14-10-6-7-11-15(14)22-3/h6-7,10-11H,4-5,8-9,12-13H2,1-3H3. The SMILES string of the molecule is CCOC(=O)C1(C)CCCCCN1C(=O)c1ccccc1OC. The van der Waals surface area contributed by atoms with Gasteiger partial charge in [-0.15, -0.1) is 0 Å². The highest BCUT2D eigenvalue weighted by atomic mass is 16.5. The van der Waals surface area contributed by atoms with Crippen LogP contribution >= 0.6 is 0 Å². The van der Waals surface area contributed by atoms with Crippen LogP contribution in [-0.4, -0.2) is 42.6 Å². The highest BCUT2D eigenvalue weighted by Gasteiger charge is 2.44. The largest absolute Gasteiger partial charge is 0.496 e. The molecule has 5 nitrogen and oxygen atoms in total. The van der Waals surface area contributed by atoms with E-state index in [1.54, 1.807) is 37.1 Å². The molecule has 1 unspecified atom stereocenters. The minimum Gasteiger partial charge on any atom is -0.496 e. The number of methoxy groups -OCH3 is 1. The Morgan fingerprint density at radius 1 is 1.22 bits per heavy atom. The lowest BCUT2D eigenvalue weighted by atomic mass is 9.93. The van der Waals surface area contributed by atoms with Gasteiger partial charge >= 0.3 is 5.97 Å². The Morgan fingerprint density at radius 2 is 1.96 bits per heavy atom. The Labute approximate surface area is 137 Å². The fourth-order valence-corrected chi connectivity index (χ4v) is 3.09. The summed E-state index contributed by atoms with van der Waals surface area (Å²) in [7, 11) is 1.54. The molecule has 1 aromatic carbocycles. The molecular formula is C18H25NO4. The molecule has 1 fully saturated rings. The molecule has 0 aromatic heterocycles. The molecule has 1 aliphatic rings. The normalized spacial score (nSPS) is 21.4. The van der Waals surface area contributed by atoms with Crippen LogP contribution in [0.5, 0.6) is 5.75 Å². The minimum atomic E-state index is -0.926. The molecule has 1 atom stereocenters. The van der Waals surface area contributed by atoms with Crippen LogP contribution in [0.4, 0.5) is 0 Å². The summed E-state index contributed by atoms with van der Waals surface area (Å²) in [4.78, 5) is 27.3. The highest BCUT2D eigenvalue weighted by molar-refractivity contribution is 6.00. The Balaban J connectivity index is 2.39. The van der Waals surface area contributed by atoms with Crippen LogP contribution in [0, 0.1) is 0 Å². The van der Waals surface area contributed by atoms with Gasteiger partial charge < -0.3 is 14.4 Å². The van der Waals surface area contributed by atoms with E-state index in [0.717, 1.165) is 19.3 Å². The van der Waals surface area contributed by atoms with Crippen molar-refractivity contribution in [1.29, 1.82) is 0 Å². The fourth-order valence-electron chi connectivity index (χ4n) is 3.09. The molecule has 2 rings (SSSR count). The molecule has 0 spiro atoms. The van der Waals surface area contributed by atoms with Crippen LogP contribution in [0.2, 0.25) is 0 Å². The second-order valence-corrected chi connectivity index (χ2v) is 5.96. The third kappa shape index (κ3) is 3.49. The van der Waals surface area contributed by atoms with Crippen molar-refractivity contribution >= 4 is 11.9 Å². The summed E-state index contributed by atoms with van der Waals surface area (Å²) in [5.74, 6) is 0.0120. The molecule has 1 amide bonds. The number of benzene rings is 1. The van der Waals surface area contributed by atoms with Gasteiger partial charge in [0.2, 0.25) is 0 Å². The van der Waals surface area contributed by atoms with Crippen molar-refractivity contribution in [2.75, 3.05) is 20.3 Å². The summed E-state index contributed by atoms with van der Waals surface area (Å²) in [6, 6.07) is 7.11. The summed E-state index contributed by atoms with van der Waals surface area (Å²) < 4.78 is 10.5. The monoisotopic (exact) mass is 319 g/mol. The lowest BCUT2D eigenvalue weighted by Gasteiger charge is -2.38. The number of carbonyl (C=O) groups is 2. The lowest BCUT2D eigenvalue weighted by molar-refractivity contribution is -0.155. The van der Waals surface area contributed by atoms with Crippen LogP contribution in [0.3, 0.4) is 0 Å². The van der Waals surface area contributed by atoms with Crippen molar-refractivity contribution in [3.05, 3.63) is 29.8 Å². The summed E-state index contributed by atoms with van der Waals surface area (Å²) in [6.45, 7) is 4.45. The molecule has 23 heavy (non-hydrogen) atoms. The Hall–Kier alpha value is -2.04. The Morgan fingerprint density at radius 3 is 2.65 bits per heavy atom. The number of para-hydroxylation sites is 1. The number of hydrogen-bond acceptors (Lipinski definition) is 4. The van der Waals surface area contributed by atoms with Crippen molar-refractivity contribution in [3.8, 4) is 5.75 Å². The van der Waals surface area contributed by atoms with Crippen molar-refractivity contribution in [1.82, 2.24) is 4.90 Å². The highest BCUT2D eigenvalue weighted by Crippen LogP contribution is 2.31. The van der Waals surface area contributed by atoms with Gasteiger partial charge in [0.05, 0.1) is 19.3 Å². The summed E-state index contributed by atoms with van der Waals surface area (Å²) >= 11 is 0. The third-order valence-electron chi connectivity index (χ3n) is 4.44. The second-order valence-electron chi connectivity index (χ2n) is 5.96. The lowest BCUT2D eigenvalue weighted by Crippen LogP contribution is -2.55. The molecule has 0 radical (unpaired) electrons. The number of esters is 1. The first-order valence-corrected chi connectivity index (χ1v) is 8.16. The third-order valence-corrected chi connectivity index (χ3v) is 4.44. The van der Waals surface area contributed by atoms with Crippen LogP contribution in [-0.2, 0) is 9.53 Å². The van der Waals surface area contributed by atoms with Gasteiger partial charge in [0.25, 0.3) is 5.91 Å². The van der Waals surface area contributed by atoms with E-state index < -0.39 is 5.54 Å². The van der Waals surface area contributed by atoms with Crippen molar-refractivity contribution < 1.29 is 19.1 Å². The van der Waals surface area contributed by atoms with Gasteiger partial charge in [-0.05, 0) is 38.8 Å². The van der Waals surface area contributed by atoms with Gasteiger partial charge in [0, 0.05) is 6.54 Å². The van der Waals surface area contributed by atoms with Crippen LogP contribution < -0.4 is 4.74 Å². The number of amides is 1. The van der Waals surface area contributed by atoms with Gasteiger partial charge in [-0.25, -0.2) is 4.79 Å². The molecule has 0 aliphatic carbocycles. The summed E-state index contributed by atoms with van der Waals surface area (Å²) in [5.41, 5.74) is -0.447. The smallest absolute Gasteiger partial charge is 0.331 e. The number of nitrogens with zero attached hydrogens (tertiary/aromatic N) is 1. The topological polar surface area (TPSA) is 55.8 Å². The Kier molecular flexibility index (Phi) is 5.64. The zero-order valence-corrected chi connectivity index (χ0v) is 14.1. The van der Waals surface area contributed by atoms with Crippen LogP contribution in [0.25, 0.3) is 0 Å². The van der Waals surface area contributed by atoms with Crippen LogP contribution in [0.15, 0.2) is 24.3 Å². The second kappa shape index (κ2) is 7.49. The van der Waals surface area contributed by atoms with E-state index in [4.69, 9.17) is 9.47 Å². The average molecular weight is 319 g/mol. The molecule has 5 heteroatoms. The van der Waals surface area contributed by atoms with E-state index >= 15 is 0 Å². The molecule has 1 heterocycles. The van der Waals surface area contributed by atoms with Gasteiger partial charge in [0.15, 0.2) is 0 Å². The van der Waals surface area contributed by atoms with E-state index in [9.17, 15) is 9.59 Å². The maximum absolute atomic E-state index is 13.1. The van der Waals surface area contributed by atoms with Gasteiger partial charge in [-0.3, -0.25) is 4.79 Å². The first-order valence-electron chi connectivity index (χ1n) is 8.16. The number of ether oxygens (including phenoxy) is 2. The molecule has 1 aromatic rings. The zero-order chi connectivity index (χ0) is 16.9. The molecule has 126 valence electrons. The van der Waals surface area contributed by atoms with E-state index in [1.807, 2.05) is 13.0 Å². The molecule has 0 bridgehead atoms. The Bertz CT molecular complexity index is 572. The summed E-state index contributed by atoms with van der Waals surface area (Å²) in [5, 5.41) is 0. The first-order chi connectivity index (χ1) is 11.0.